The van der Waals surface area contributed by atoms with Gasteiger partial charge in [0.1, 0.15) is 11.5 Å². The second-order valence-electron chi connectivity index (χ2n) is 5.20. The van der Waals surface area contributed by atoms with Gasteiger partial charge in [0.25, 0.3) is 0 Å². The van der Waals surface area contributed by atoms with E-state index in [4.69, 9.17) is 4.98 Å². The normalized spacial score (nSPS) is 11.8. The molecular formula is C15H17N3. The average Bonchev–Trinajstić information content (AvgIpc) is 2.63. The predicted molar refractivity (Wildman–Crippen MR) is 74.6 cm³/mol. The molecular weight excluding hydrogens is 222 g/mol. The van der Waals surface area contributed by atoms with Gasteiger partial charge in [-0.3, -0.25) is 0 Å². The van der Waals surface area contributed by atoms with E-state index in [1.807, 2.05) is 6.20 Å². The SMILES string of the molecule is CC(C)Cc1ncc2c3ccccc3n(C)c2n1. The van der Waals surface area contributed by atoms with Gasteiger partial charge >= 0.3 is 0 Å². The summed E-state index contributed by atoms with van der Waals surface area (Å²) in [5, 5.41) is 2.37. The number of aryl methyl sites for hydroxylation is 1. The number of hydrogen-bond acceptors (Lipinski definition) is 2. The van der Waals surface area contributed by atoms with Gasteiger partial charge in [-0.05, 0) is 12.0 Å². The lowest BCUT2D eigenvalue weighted by Crippen LogP contribution is -2.01. The van der Waals surface area contributed by atoms with Gasteiger partial charge in [0.2, 0.25) is 0 Å². The molecule has 3 rings (SSSR count). The number of fused-ring (bicyclic) bond motifs is 3. The first-order valence-electron chi connectivity index (χ1n) is 6.36. The van der Waals surface area contributed by atoms with Gasteiger partial charge in [-0.2, -0.15) is 0 Å². The molecule has 3 heteroatoms. The van der Waals surface area contributed by atoms with Crippen molar-refractivity contribution in [3.8, 4) is 0 Å². The molecule has 2 heterocycles. The van der Waals surface area contributed by atoms with Crippen molar-refractivity contribution < 1.29 is 0 Å². The molecule has 0 fully saturated rings. The van der Waals surface area contributed by atoms with Gasteiger partial charge in [0.15, 0.2) is 0 Å². The summed E-state index contributed by atoms with van der Waals surface area (Å²) in [6.07, 6.45) is 2.89. The number of para-hydroxylation sites is 1. The van der Waals surface area contributed by atoms with E-state index in [-0.39, 0.29) is 0 Å². The van der Waals surface area contributed by atoms with Crippen LogP contribution in [-0.4, -0.2) is 14.5 Å². The number of benzene rings is 1. The maximum Gasteiger partial charge on any atom is 0.144 e. The minimum Gasteiger partial charge on any atom is -0.328 e. The topological polar surface area (TPSA) is 30.7 Å². The van der Waals surface area contributed by atoms with E-state index in [0.29, 0.717) is 5.92 Å². The first-order chi connectivity index (χ1) is 8.66. The van der Waals surface area contributed by atoms with Crippen LogP contribution >= 0.6 is 0 Å². The Morgan fingerprint density at radius 1 is 1.17 bits per heavy atom. The monoisotopic (exact) mass is 239 g/mol. The van der Waals surface area contributed by atoms with Crippen LogP contribution in [0.25, 0.3) is 21.9 Å². The standard InChI is InChI=1S/C15H17N3/c1-10(2)8-14-16-9-12-11-6-4-5-7-13(11)18(3)15(12)17-14/h4-7,9-10H,8H2,1-3H3. The fourth-order valence-electron chi connectivity index (χ4n) is 2.43. The summed E-state index contributed by atoms with van der Waals surface area (Å²) in [4.78, 5) is 9.19. The number of nitrogens with zero attached hydrogens (tertiary/aromatic N) is 3. The zero-order valence-electron chi connectivity index (χ0n) is 11.0. The number of aromatic nitrogens is 3. The molecule has 2 aromatic heterocycles. The lowest BCUT2D eigenvalue weighted by Gasteiger charge is -2.03. The smallest absolute Gasteiger partial charge is 0.144 e. The molecule has 0 bridgehead atoms. The third-order valence-electron chi connectivity index (χ3n) is 3.28. The summed E-state index contributed by atoms with van der Waals surface area (Å²) in [7, 11) is 2.07. The minimum atomic E-state index is 0.581. The Balaban J connectivity index is 2.28. The molecule has 0 unspecified atom stereocenters. The molecule has 0 atom stereocenters. The Labute approximate surface area is 106 Å². The van der Waals surface area contributed by atoms with E-state index in [1.54, 1.807) is 0 Å². The second kappa shape index (κ2) is 4.09. The van der Waals surface area contributed by atoms with Gasteiger partial charge in [-0.25, -0.2) is 9.97 Å². The molecule has 0 N–H and O–H groups in total. The molecule has 0 radical (unpaired) electrons. The Hall–Kier alpha value is -1.90. The number of rotatable bonds is 2. The van der Waals surface area contributed by atoms with E-state index in [2.05, 4.69) is 54.7 Å². The molecule has 18 heavy (non-hydrogen) atoms. The lowest BCUT2D eigenvalue weighted by atomic mass is 10.1. The highest BCUT2D eigenvalue weighted by Gasteiger charge is 2.10. The van der Waals surface area contributed by atoms with E-state index < -0.39 is 0 Å². The molecule has 1 aromatic carbocycles. The first-order valence-corrected chi connectivity index (χ1v) is 6.36. The Bertz CT molecular complexity index is 710. The van der Waals surface area contributed by atoms with Crippen molar-refractivity contribution in [1.29, 1.82) is 0 Å². The van der Waals surface area contributed by atoms with Crippen molar-refractivity contribution in [1.82, 2.24) is 14.5 Å². The van der Waals surface area contributed by atoms with Crippen LogP contribution < -0.4 is 0 Å². The van der Waals surface area contributed by atoms with Crippen LogP contribution in [0.4, 0.5) is 0 Å². The van der Waals surface area contributed by atoms with Crippen molar-refractivity contribution >= 4 is 21.9 Å². The minimum absolute atomic E-state index is 0.581. The van der Waals surface area contributed by atoms with Crippen LogP contribution in [-0.2, 0) is 13.5 Å². The quantitative estimate of drug-likeness (QED) is 0.687. The lowest BCUT2D eigenvalue weighted by molar-refractivity contribution is 0.622. The van der Waals surface area contributed by atoms with Gasteiger partial charge in [0.05, 0.1) is 5.52 Å². The summed E-state index contributed by atoms with van der Waals surface area (Å²) in [5.74, 6) is 1.51. The Morgan fingerprint density at radius 3 is 2.72 bits per heavy atom. The van der Waals surface area contributed by atoms with Gasteiger partial charge in [0, 0.05) is 30.4 Å². The summed E-state index contributed by atoms with van der Waals surface area (Å²) in [6, 6.07) is 8.37. The zero-order chi connectivity index (χ0) is 12.7. The fraction of sp³-hybridized carbons (Fsp3) is 0.333. The zero-order valence-corrected chi connectivity index (χ0v) is 11.0. The molecule has 3 nitrogen and oxygen atoms in total. The van der Waals surface area contributed by atoms with Gasteiger partial charge in [-0.1, -0.05) is 32.0 Å². The molecule has 0 aliphatic heterocycles. The molecule has 0 saturated carbocycles. The van der Waals surface area contributed by atoms with Crippen molar-refractivity contribution in [3.63, 3.8) is 0 Å². The highest BCUT2D eigenvalue weighted by Crippen LogP contribution is 2.26. The van der Waals surface area contributed by atoms with Crippen LogP contribution in [0.2, 0.25) is 0 Å². The van der Waals surface area contributed by atoms with Crippen molar-refractivity contribution in [2.24, 2.45) is 13.0 Å². The van der Waals surface area contributed by atoms with Crippen LogP contribution in [0.1, 0.15) is 19.7 Å². The predicted octanol–water partition coefficient (Wildman–Crippen LogP) is 3.32. The van der Waals surface area contributed by atoms with E-state index in [0.717, 1.165) is 23.3 Å². The summed E-state index contributed by atoms with van der Waals surface area (Å²) < 4.78 is 2.15. The summed E-state index contributed by atoms with van der Waals surface area (Å²) >= 11 is 0. The molecule has 3 aromatic rings. The summed E-state index contributed by atoms with van der Waals surface area (Å²) in [6.45, 7) is 4.38. The molecule has 92 valence electrons. The number of hydrogen-bond donors (Lipinski definition) is 0. The maximum atomic E-state index is 4.70. The van der Waals surface area contributed by atoms with Crippen LogP contribution in [0.5, 0.6) is 0 Å². The van der Waals surface area contributed by atoms with Gasteiger partial charge in [-0.15, -0.1) is 0 Å². The molecule has 0 amide bonds. The van der Waals surface area contributed by atoms with Crippen LogP contribution in [0.3, 0.4) is 0 Å². The maximum absolute atomic E-state index is 4.70. The van der Waals surface area contributed by atoms with Crippen LogP contribution in [0, 0.1) is 5.92 Å². The Kier molecular flexibility index (Phi) is 2.54. The fourth-order valence-corrected chi connectivity index (χ4v) is 2.43. The molecule has 0 spiro atoms. The molecule has 0 aliphatic rings. The second-order valence-corrected chi connectivity index (χ2v) is 5.20. The molecule has 0 saturated heterocycles. The first kappa shape index (κ1) is 11.2. The largest absolute Gasteiger partial charge is 0.328 e. The third kappa shape index (κ3) is 1.67. The van der Waals surface area contributed by atoms with E-state index in [9.17, 15) is 0 Å². The highest BCUT2D eigenvalue weighted by atomic mass is 15.0. The van der Waals surface area contributed by atoms with Crippen molar-refractivity contribution in [2.75, 3.05) is 0 Å². The van der Waals surface area contributed by atoms with Crippen molar-refractivity contribution in [3.05, 3.63) is 36.3 Å². The average molecular weight is 239 g/mol. The Morgan fingerprint density at radius 2 is 1.94 bits per heavy atom. The summed E-state index contributed by atoms with van der Waals surface area (Å²) in [5.41, 5.74) is 2.24. The van der Waals surface area contributed by atoms with Gasteiger partial charge < -0.3 is 4.57 Å². The van der Waals surface area contributed by atoms with E-state index >= 15 is 0 Å². The van der Waals surface area contributed by atoms with E-state index in [1.165, 1.54) is 10.9 Å². The molecule has 0 aliphatic carbocycles. The highest BCUT2D eigenvalue weighted by molar-refractivity contribution is 6.06. The van der Waals surface area contributed by atoms with Crippen molar-refractivity contribution in [2.45, 2.75) is 20.3 Å². The van der Waals surface area contributed by atoms with Crippen LogP contribution in [0.15, 0.2) is 30.5 Å². The third-order valence-corrected chi connectivity index (χ3v) is 3.28.